The zero-order valence-corrected chi connectivity index (χ0v) is 12.8. The van der Waals surface area contributed by atoms with Crippen molar-refractivity contribution in [1.29, 1.82) is 5.26 Å². The number of thiophene rings is 1. The molecule has 2 aromatic heterocycles. The molecule has 1 fully saturated rings. The van der Waals surface area contributed by atoms with Crippen LogP contribution in [0.2, 0.25) is 0 Å². The van der Waals surface area contributed by atoms with Crippen LogP contribution in [0, 0.1) is 17.2 Å². The topological polar surface area (TPSA) is 61.9 Å². The Balaban J connectivity index is 1.61. The zero-order chi connectivity index (χ0) is 15.0. The molecule has 0 saturated heterocycles. The lowest BCUT2D eigenvalue weighted by atomic mass is 10.2. The van der Waals surface area contributed by atoms with E-state index in [1.807, 2.05) is 36.3 Å². The standard InChI is InChI=1S/C15H16N4OS/c1-18(8-11-5-10(7-16)9-21-11)15(20)13-6-12(13)14-3-4-17-19(14)2/h3-5,9,12-13H,6,8H2,1-2H3/t12-,13-/m1/s1. The molecule has 0 aromatic carbocycles. The van der Waals surface area contributed by atoms with E-state index in [4.69, 9.17) is 5.26 Å². The van der Waals surface area contributed by atoms with E-state index < -0.39 is 0 Å². The van der Waals surface area contributed by atoms with Crippen LogP contribution >= 0.6 is 11.3 Å². The normalized spacial score (nSPS) is 20.0. The zero-order valence-electron chi connectivity index (χ0n) is 12.0. The van der Waals surface area contributed by atoms with Crippen LogP contribution in [0.25, 0.3) is 0 Å². The Labute approximate surface area is 127 Å². The maximum atomic E-state index is 12.4. The molecule has 0 unspecified atom stereocenters. The van der Waals surface area contributed by atoms with Gasteiger partial charge in [-0.15, -0.1) is 11.3 Å². The molecule has 1 amide bonds. The van der Waals surface area contributed by atoms with Gasteiger partial charge in [0.15, 0.2) is 0 Å². The quantitative estimate of drug-likeness (QED) is 0.869. The van der Waals surface area contributed by atoms with Gasteiger partial charge < -0.3 is 4.90 Å². The van der Waals surface area contributed by atoms with Gasteiger partial charge >= 0.3 is 0 Å². The summed E-state index contributed by atoms with van der Waals surface area (Å²) < 4.78 is 1.84. The molecule has 2 atom stereocenters. The summed E-state index contributed by atoms with van der Waals surface area (Å²) in [7, 11) is 3.74. The van der Waals surface area contributed by atoms with Gasteiger partial charge in [0.2, 0.25) is 5.91 Å². The van der Waals surface area contributed by atoms with Crippen molar-refractivity contribution in [3.63, 3.8) is 0 Å². The van der Waals surface area contributed by atoms with Crippen molar-refractivity contribution >= 4 is 17.2 Å². The number of amides is 1. The Morgan fingerprint density at radius 3 is 3.10 bits per heavy atom. The molecular weight excluding hydrogens is 284 g/mol. The van der Waals surface area contributed by atoms with E-state index in [2.05, 4.69) is 11.2 Å². The minimum Gasteiger partial charge on any atom is -0.340 e. The molecule has 0 radical (unpaired) electrons. The summed E-state index contributed by atoms with van der Waals surface area (Å²) in [6, 6.07) is 5.94. The van der Waals surface area contributed by atoms with E-state index >= 15 is 0 Å². The van der Waals surface area contributed by atoms with Gasteiger partial charge in [-0.2, -0.15) is 10.4 Å². The molecule has 0 spiro atoms. The van der Waals surface area contributed by atoms with Crippen LogP contribution in [0.4, 0.5) is 0 Å². The number of nitriles is 1. The predicted octanol–water partition coefficient (Wildman–Crippen LogP) is 2.12. The molecule has 6 heteroatoms. The average molecular weight is 300 g/mol. The van der Waals surface area contributed by atoms with Crippen LogP contribution < -0.4 is 0 Å². The summed E-state index contributed by atoms with van der Waals surface area (Å²) >= 11 is 1.52. The molecule has 108 valence electrons. The largest absolute Gasteiger partial charge is 0.340 e. The third kappa shape index (κ3) is 2.69. The highest BCUT2D eigenvalue weighted by Crippen LogP contribution is 2.48. The molecule has 1 aliphatic carbocycles. The van der Waals surface area contributed by atoms with E-state index in [1.165, 1.54) is 11.3 Å². The Kier molecular flexibility index (Phi) is 3.52. The molecule has 0 bridgehead atoms. The van der Waals surface area contributed by atoms with Gasteiger partial charge in [-0.25, -0.2) is 0 Å². The van der Waals surface area contributed by atoms with Crippen LogP contribution in [0.1, 0.15) is 28.5 Å². The van der Waals surface area contributed by atoms with Crippen molar-refractivity contribution in [3.05, 3.63) is 39.8 Å². The minimum absolute atomic E-state index is 0.0702. The number of hydrogen-bond donors (Lipinski definition) is 0. The third-order valence-corrected chi connectivity index (χ3v) is 4.82. The first kappa shape index (κ1) is 13.8. The second-order valence-electron chi connectivity index (χ2n) is 5.44. The van der Waals surface area contributed by atoms with Crippen molar-refractivity contribution in [2.24, 2.45) is 13.0 Å². The molecule has 0 N–H and O–H groups in total. The minimum atomic E-state index is 0.0702. The second kappa shape index (κ2) is 5.34. The first-order valence-electron chi connectivity index (χ1n) is 6.80. The number of rotatable bonds is 4. The fourth-order valence-corrected chi connectivity index (χ4v) is 3.52. The monoisotopic (exact) mass is 300 g/mol. The molecule has 3 rings (SSSR count). The predicted molar refractivity (Wildman–Crippen MR) is 79.6 cm³/mol. The summed E-state index contributed by atoms with van der Waals surface area (Å²) in [5, 5.41) is 14.8. The number of aryl methyl sites for hydroxylation is 1. The SMILES string of the molecule is CN(Cc1cc(C#N)cs1)C(=O)[C@@H]1C[C@H]1c1ccnn1C. The molecule has 5 nitrogen and oxygen atoms in total. The molecule has 0 aliphatic heterocycles. The van der Waals surface area contributed by atoms with Gasteiger partial charge in [-0.3, -0.25) is 9.48 Å². The lowest BCUT2D eigenvalue weighted by molar-refractivity contribution is -0.131. The van der Waals surface area contributed by atoms with Gasteiger partial charge in [-0.1, -0.05) is 0 Å². The number of carbonyl (C=O) groups excluding carboxylic acids is 1. The van der Waals surface area contributed by atoms with Crippen LogP contribution in [-0.2, 0) is 18.4 Å². The fourth-order valence-electron chi connectivity index (χ4n) is 2.66. The maximum Gasteiger partial charge on any atom is 0.226 e. The summed E-state index contributed by atoms with van der Waals surface area (Å²) in [6.07, 6.45) is 2.67. The van der Waals surface area contributed by atoms with E-state index in [-0.39, 0.29) is 11.8 Å². The van der Waals surface area contributed by atoms with Gasteiger partial charge in [0.05, 0.1) is 12.1 Å². The van der Waals surface area contributed by atoms with Crippen LogP contribution in [-0.4, -0.2) is 27.6 Å². The highest BCUT2D eigenvalue weighted by atomic mass is 32.1. The number of nitrogens with zero attached hydrogens (tertiary/aromatic N) is 4. The van der Waals surface area contributed by atoms with Crippen molar-refractivity contribution in [3.8, 4) is 6.07 Å². The summed E-state index contributed by atoms with van der Waals surface area (Å²) in [5.74, 6) is 0.541. The Bertz CT molecular complexity index is 711. The molecule has 2 aromatic rings. The Morgan fingerprint density at radius 2 is 2.48 bits per heavy atom. The Hall–Kier alpha value is -2.13. The third-order valence-electron chi connectivity index (χ3n) is 3.90. The lowest BCUT2D eigenvalue weighted by Gasteiger charge is -2.16. The summed E-state index contributed by atoms with van der Waals surface area (Å²) in [6.45, 7) is 0.569. The fraction of sp³-hybridized carbons (Fsp3) is 0.400. The van der Waals surface area contributed by atoms with Crippen molar-refractivity contribution in [1.82, 2.24) is 14.7 Å². The van der Waals surface area contributed by atoms with Crippen LogP contribution in [0.5, 0.6) is 0 Å². The molecule has 1 saturated carbocycles. The van der Waals surface area contributed by atoms with Gasteiger partial charge in [-0.05, 0) is 18.6 Å². The molecule has 2 heterocycles. The summed E-state index contributed by atoms with van der Waals surface area (Å²) in [5.41, 5.74) is 1.79. The van der Waals surface area contributed by atoms with E-state index in [0.29, 0.717) is 18.0 Å². The van der Waals surface area contributed by atoms with Gasteiger partial charge in [0.1, 0.15) is 6.07 Å². The number of carbonyl (C=O) groups is 1. The second-order valence-corrected chi connectivity index (χ2v) is 6.43. The van der Waals surface area contributed by atoms with E-state index in [0.717, 1.165) is 17.0 Å². The Morgan fingerprint density at radius 1 is 1.67 bits per heavy atom. The smallest absolute Gasteiger partial charge is 0.226 e. The first-order chi connectivity index (χ1) is 10.1. The van der Waals surface area contributed by atoms with Gasteiger partial charge in [0.25, 0.3) is 0 Å². The highest BCUT2D eigenvalue weighted by Gasteiger charge is 2.46. The first-order valence-corrected chi connectivity index (χ1v) is 7.68. The van der Waals surface area contributed by atoms with Crippen molar-refractivity contribution in [2.75, 3.05) is 7.05 Å². The molecule has 1 aliphatic rings. The number of hydrogen-bond acceptors (Lipinski definition) is 4. The average Bonchev–Trinajstić information content (AvgIpc) is 2.92. The lowest BCUT2D eigenvalue weighted by Crippen LogP contribution is -2.27. The summed E-state index contributed by atoms with van der Waals surface area (Å²) in [4.78, 5) is 15.2. The van der Waals surface area contributed by atoms with Crippen molar-refractivity contribution < 1.29 is 4.79 Å². The van der Waals surface area contributed by atoms with Crippen molar-refractivity contribution in [2.45, 2.75) is 18.9 Å². The van der Waals surface area contributed by atoms with E-state index in [1.54, 1.807) is 11.1 Å². The maximum absolute atomic E-state index is 12.4. The van der Waals surface area contributed by atoms with Crippen LogP contribution in [0.3, 0.4) is 0 Å². The van der Waals surface area contributed by atoms with Crippen LogP contribution in [0.15, 0.2) is 23.7 Å². The molecular formula is C15H16N4OS. The van der Waals surface area contributed by atoms with E-state index in [9.17, 15) is 4.79 Å². The highest BCUT2D eigenvalue weighted by molar-refractivity contribution is 7.10. The molecule has 21 heavy (non-hydrogen) atoms. The van der Waals surface area contributed by atoms with Gasteiger partial charge in [0, 0.05) is 48.1 Å². The number of aromatic nitrogens is 2.